The molecule has 2 aliphatic heterocycles. The molecule has 0 bridgehead atoms. The lowest BCUT2D eigenvalue weighted by molar-refractivity contribution is -0.145. The zero-order valence-corrected chi connectivity index (χ0v) is 18.1. The van der Waals surface area contributed by atoms with Crippen molar-refractivity contribution in [3.8, 4) is 17.0 Å². The zero-order chi connectivity index (χ0) is 22.3. The lowest BCUT2D eigenvalue weighted by Crippen LogP contribution is -2.49. The Labute approximate surface area is 186 Å². The third kappa shape index (κ3) is 3.42. The predicted molar refractivity (Wildman–Crippen MR) is 119 cm³/mol. The number of likely N-dealkylation sites (tertiary alicyclic amines) is 1. The number of carbonyl (C=O) groups excluding carboxylic acids is 2. The van der Waals surface area contributed by atoms with Crippen LogP contribution >= 0.6 is 0 Å². The number of aromatic nitrogens is 1. The SMILES string of the molecule is CC(C)(Oc1ccc(-c2ccccn2)cc1)C(=O)N1CCC2(C1)OC(=O)c1ccccc12. The van der Waals surface area contributed by atoms with Crippen molar-refractivity contribution in [2.45, 2.75) is 31.5 Å². The summed E-state index contributed by atoms with van der Waals surface area (Å²) in [6, 6.07) is 20.7. The predicted octanol–water partition coefficient (Wildman–Crippen LogP) is 4.20. The summed E-state index contributed by atoms with van der Waals surface area (Å²) in [6.45, 7) is 4.37. The molecule has 0 radical (unpaired) electrons. The smallest absolute Gasteiger partial charge is 0.339 e. The first kappa shape index (κ1) is 20.2. The van der Waals surface area contributed by atoms with Crippen molar-refractivity contribution in [2.75, 3.05) is 13.1 Å². The fraction of sp³-hybridized carbons (Fsp3) is 0.269. The molecule has 1 unspecified atom stereocenters. The highest BCUT2D eigenvalue weighted by Crippen LogP contribution is 2.43. The highest BCUT2D eigenvalue weighted by molar-refractivity contribution is 5.95. The number of ether oxygens (including phenoxy) is 2. The molecule has 6 nitrogen and oxygen atoms in total. The maximum Gasteiger partial charge on any atom is 0.339 e. The summed E-state index contributed by atoms with van der Waals surface area (Å²) in [5.41, 5.74) is 1.48. The molecule has 32 heavy (non-hydrogen) atoms. The molecule has 1 atom stereocenters. The van der Waals surface area contributed by atoms with Gasteiger partial charge < -0.3 is 14.4 Å². The molecule has 6 heteroatoms. The van der Waals surface area contributed by atoms with Crippen molar-refractivity contribution in [1.29, 1.82) is 0 Å². The number of fused-ring (bicyclic) bond motifs is 2. The quantitative estimate of drug-likeness (QED) is 0.583. The molecule has 0 N–H and O–H groups in total. The van der Waals surface area contributed by atoms with Gasteiger partial charge in [-0.25, -0.2) is 4.79 Å². The number of benzene rings is 2. The largest absolute Gasteiger partial charge is 0.478 e. The van der Waals surface area contributed by atoms with E-state index >= 15 is 0 Å². The Balaban J connectivity index is 1.30. The summed E-state index contributed by atoms with van der Waals surface area (Å²) in [7, 11) is 0. The molecular formula is C26H24N2O4. The summed E-state index contributed by atoms with van der Waals surface area (Å²) < 4.78 is 11.9. The number of esters is 1. The second-order valence-electron chi connectivity index (χ2n) is 8.76. The highest BCUT2D eigenvalue weighted by Gasteiger charge is 2.52. The molecule has 0 aliphatic carbocycles. The maximum absolute atomic E-state index is 13.3. The number of hydrogen-bond donors (Lipinski definition) is 0. The molecule has 2 aliphatic rings. The van der Waals surface area contributed by atoms with E-state index in [-0.39, 0.29) is 11.9 Å². The van der Waals surface area contributed by atoms with Crippen LogP contribution in [0.1, 0.15) is 36.2 Å². The first-order chi connectivity index (χ1) is 15.4. The molecule has 1 fully saturated rings. The fourth-order valence-corrected chi connectivity index (χ4v) is 4.55. The molecule has 3 heterocycles. The number of pyridine rings is 1. The number of carbonyl (C=O) groups is 2. The van der Waals surface area contributed by atoms with E-state index in [1.54, 1.807) is 31.0 Å². The average molecular weight is 428 g/mol. The summed E-state index contributed by atoms with van der Waals surface area (Å²) in [6.07, 6.45) is 2.33. The van der Waals surface area contributed by atoms with Gasteiger partial charge in [0.1, 0.15) is 5.75 Å². The maximum atomic E-state index is 13.3. The summed E-state index contributed by atoms with van der Waals surface area (Å²) >= 11 is 0. The van der Waals surface area contributed by atoms with E-state index < -0.39 is 11.2 Å². The van der Waals surface area contributed by atoms with Crippen molar-refractivity contribution in [3.63, 3.8) is 0 Å². The molecular weight excluding hydrogens is 404 g/mol. The first-order valence-electron chi connectivity index (χ1n) is 10.7. The van der Waals surface area contributed by atoms with Gasteiger partial charge in [0.25, 0.3) is 5.91 Å². The lowest BCUT2D eigenvalue weighted by Gasteiger charge is -2.31. The van der Waals surface area contributed by atoms with Gasteiger partial charge in [-0.15, -0.1) is 0 Å². The van der Waals surface area contributed by atoms with Gasteiger partial charge in [-0.3, -0.25) is 9.78 Å². The summed E-state index contributed by atoms with van der Waals surface area (Å²) in [5, 5.41) is 0. The molecule has 1 amide bonds. The Bertz CT molecular complexity index is 1170. The molecule has 1 spiro atoms. The topological polar surface area (TPSA) is 68.7 Å². The zero-order valence-electron chi connectivity index (χ0n) is 18.1. The van der Waals surface area contributed by atoms with Crippen molar-refractivity contribution in [1.82, 2.24) is 9.88 Å². The van der Waals surface area contributed by atoms with Crippen LogP contribution < -0.4 is 4.74 Å². The third-order valence-electron chi connectivity index (χ3n) is 6.15. The van der Waals surface area contributed by atoms with Gasteiger partial charge in [-0.1, -0.05) is 24.3 Å². The van der Waals surface area contributed by atoms with Crippen molar-refractivity contribution in [3.05, 3.63) is 84.1 Å². The van der Waals surface area contributed by atoms with Crippen molar-refractivity contribution in [2.24, 2.45) is 0 Å². The van der Waals surface area contributed by atoms with Crippen LogP contribution in [0.3, 0.4) is 0 Å². The summed E-state index contributed by atoms with van der Waals surface area (Å²) in [4.78, 5) is 31.7. The van der Waals surface area contributed by atoms with Gasteiger partial charge in [-0.05, 0) is 56.3 Å². The Morgan fingerprint density at radius 1 is 1.06 bits per heavy atom. The fourth-order valence-electron chi connectivity index (χ4n) is 4.55. The van der Waals surface area contributed by atoms with Crippen LogP contribution in [0.4, 0.5) is 0 Å². The van der Waals surface area contributed by atoms with Crippen LogP contribution in [-0.4, -0.2) is 40.5 Å². The number of amides is 1. The van der Waals surface area contributed by atoms with Gasteiger partial charge in [0.15, 0.2) is 11.2 Å². The van der Waals surface area contributed by atoms with Crippen LogP contribution in [0.2, 0.25) is 0 Å². The second-order valence-corrected chi connectivity index (χ2v) is 8.76. The number of nitrogens with zero attached hydrogens (tertiary/aromatic N) is 2. The van der Waals surface area contributed by atoms with Crippen molar-refractivity contribution >= 4 is 11.9 Å². The van der Waals surface area contributed by atoms with E-state index in [0.717, 1.165) is 16.8 Å². The molecule has 3 aromatic rings. The Morgan fingerprint density at radius 3 is 2.56 bits per heavy atom. The highest BCUT2D eigenvalue weighted by atomic mass is 16.6. The van der Waals surface area contributed by atoms with Crippen LogP contribution in [0, 0.1) is 0 Å². The molecule has 1 aromatic heterocycles. The van der Waals surface area contributed by atoms with E-state index in [0.29, 0.717) is 30.8 Å². The molecule has 162 valence electrons. The lowest BCUT2D eigenvalue weighted by atomic mass is 9.91. The monoisotopic (exact) mass is 428 g/mol. The Hall–Kier alpha value is -3.67. The van der Waals surface area contributed by atoms with Gasteiger partial charge in [0, 0.05) is 30.3 Å². The molecule has 1 saturated heterocycles. The van der Waals surface area contributed by atoms with E-state index in [9.17, 15) is 9.59 Å². The van der Waals surface area contributed by atoms with Crippen LogP contribution in [0.5, 0.6) is 5.75 Å². The van der Waals surface area contributed by atoms with E-state index in [1.807, 2.05) is 60.7 Å². The Morgan fingerprint density at radius 2 is 1.81 bits per heavy atom. The number of hydrogen-bond acceptors (Lipinski definition) is 5. The van der Waals surface area contributed by atoms with Gasteiger partial charge in [-0.2, -0.15) is 0 Å². The normalized spacial score (nSPS) is 19.7. The minimum Gasteiger partial charge on any atom is -0.478 e. The molecule has 2 aromatic carbocycles. The van der Waals surface area contributed by atoms with Gasteiger partial charge >= 0.3 is 5.97 Å². The van der Waals surface area contributed by atoms with E-state index in [2.05, 4.69) is 4.98 Å². The average Bonchev–Trinajstić information content (AvgIpc) is 3.35. The summed E-state index contributed by atoms with van der Waals surface area (Å²) in [5.74, 6) is 0.150. The van der Waals surface area contributed by atoms with Crippen LogP contribution in [0.15, 0.2) is 72.9 Å². The van der Waals surface area contributed by atoms with Crippen LogP contribution in [-0.2, 0) is 15.1 Å². The van der Waals surface area contributed by atoms with Gasteiger partial charge in [0.05, 0.1) is 17.8 Å². The van der Waals surface area contributed by atoms with Crippen molar-refractivity contribution < 1.29 is 19.1 Å². The molecule has 0 saturated carbocycles. The first-order valence-corrected chi connectivity index (χ1v) is 10.7. The van der Waals surface area contributed by atoms with E-state index in [1.165, 1.54) is 0 Å². The number of rotatable bonds is 4. The van der Waals surface area contributed by atoms with E-state index in [4.69, 9.17) is 9.47 Å². The van der Waals surface area contributed by atoms with Crippen LogP contribution in [0.25, 0.3) is 11.3 Å². The Kier molecular flexibility index (Phi) is 4.73. The standard InChI is InChI=1S/C26H24N2O4/c1-25(2,31-19-12-10-18(11-13-19)22-9-5-6-15-27-22)24(30)28-16-14-26(17-28)21-8-4-3-7-20(21)23(29)32-26/h3-13,15H,14,16-17H2,1-2H3. The minimum atomic E-state index is -1.07. The third-order valence-corrected chi connectivity index (χ3v) is 6.15. The van der Waals surface area contributed by atoms with Gasteiger partial charge in [0.2, 0.25) is 0 Å². The second kappa shape index (κ2) is 7.48. The minimum absolute atomic E-state index is 0.136. The molecule has 5 rings (SSSR count).